The minimum Gasteiger partial charge on any atom is -0.364 e. The van der Waals surface area contributed by atoms with Crippen molar-refractivity contribution in [1.82, 2.24) is 16.0 Å². The first-order valence-electron chi connectivity index (χ1n) is 4.46. The molecule has 0 aliphatic heterocycles. The van der Waals surface area contributed by atoms with Crippen LogP contribution in [0.15, 0.2) is 21.8 Å². The number of rotatable bonds is 5. The largest absolute Gasteiger partial charge is 0.364 e. The molecule has 1 rings (SSSR count). The Morgan fingerprint density at radius 1 is 1.59 bits per heavy atom. The highest BCUT2D eigenvalue weighted by Crippen LogP contribution is 2.09. The van der Waals surface area contributed by atoms with E-state index in [1.807, 2.05) is 11.5 Å². The van der Waals surface area contributed by atoms with Crippen LogP contribution in [0.3, 0.4) is 0 Å². The zero-order valence-corrected chi connectivity index (χ0v) is 11.7. The number of nitrogens with one attached hydrogen (secondary N) is 2. The minimum absolute atomic E-state index is 0. The van der Waals surface area contributed by atoms with Crippen LogP contribution in [-0.4, -0.2) is 35.7 Å². The van der Waals surface area contributed by atoms with Crippen molar-refractivity contribution in [2.75, 3.05) is 19.3 Å². The lowest BCUT2D eigenvalue weighted by molar-refractivity contribution is 0.230. The molecular weight excluding hydrogens is 287 g/mol. The number of nitrogens with zero attached hydrogens (tertiary/aromatic N) is 2. The van der Waals surface area contributed by atoms with Crippen LogP contribution in [-0.2, 0) is 5.75 Å². The Morgan fingerprint density at radius 2 is 2.35 bits per heavy atom. The third-order valence-electron chi connectivity index (χ3n) is 1.59. The van der Waals surface area contributed by atoms with E-state index in [9.17, 15) is 0 Å². The normalized spacial score (nSPS) is 10.1. The summed E-state index contributed by atoms with van der Waals surface area (Å²) in [6.45, 7) is 0.631. The van der Waals surface area contributed by atoms with Gasteiger partial charge < -0.3 is 9.84 Å². The van der Waals surface area contributed by atoms with Crippen molar-refractivity contribution >= 4 is 42.5 Å². The molecule has 0 bridgehead atoms. The van der Waals surface area contributed by atoms with E-state index in [-0.39, 0.29) is 24.8 Å². The quantitative estimate of drug-likeness (QED) is 0.329. The Balaban J connectivity index is 0. The number of hydrogen-bond donors (Lipinski definition) is 3. The summed E-state index contributed by atoms with van der Waals surface area (Å²) in [6.07, 6.45) is 1.56. The monoisotopic (exact) mass is 302 g/mol. The standard InChI is InChI=1S/C8H14N4O2S.2ClH/c1-9-8(11-13)10-3-5-15-6-7-2-4-14-12-7;;/h2,4,13H,3,5-6H2,1H3,(H2,9,10,11);2*1H. The lowest BCUT2D eigenvalue weighted by atomic mass is 10.5. The van der Waals surface area contributed by atoms with Gasteiger partial charge in [0, 0.05) is 24.6 Å². The van der Waals surface area contributed by atoms with Crippen LogP contribution in [0.25, 0.3) is 0 Å². The van der Waals surface area contributed by atoms with Gasteiger partial charge in [0.1, 0.15) is 6.26 Å². The smallest absolute Gasteiger partial charge is 0.215 e. The molecule has 100 valence electrons. The van der Waals surface area contributed by atoms with Crippen LogP contribution in [0.4, 0.5) is 0 Å². The lowest BCUT2D eigenvalue weighted by Gasteiger charge is -2.02. The van der Waals surface area contributed by atoms with Gasteiger partial charge in [-0.3, -0.25) is 10.2 Å². The van der Waals surface area contributed by atoms with Gasteiger partial charge in [-0.1, -0.05) is 5.16 Å². The molecule has 0 aromatic carbocycles. The summed E-state index contributed by atoms with van der Waals surface area (Å²) in [5.41, 5.74) is 2.89. The molecule has 1 aromatic rings. The number of aromatic nitrogens is 1. The van der Waals surface area contributed by atoms with E-state index < -0.39 is 0 Å². The second-order valence-corrected chi connectivity index (χ2v) is 3.74. The van der Waals surface area contributed by atoms with E-state index in [1.165, 1.54) is 0 Å². The fraction of sp³-hybridized carbons (Fsp3) is 0.500. The first-order valence-corrected chi connectivity index (χ1v) is 5.61. The maximum Gasteiger partial charge on any atom is 0.215 e. The third kappa shape index (κ3) is 8.14. The van der Waals surface area contributed by atoms with Crippen molar-refractivity contribution in [3.8, 4) is 0 Å². The predicted octanol–water partition coefficient (Wildman–Crippen LogP) is 1.31. The summed E-state index contributed by atoms with van der Waals surface area (Å²) in [5, 5.41) is 15.1. The van der Waals surface area contributed by atoms with Crippen molar-refractivity contribution in [1.29, 1.82) is 0 Å². The van der Waals surface area contributed by atoms with Crippen LogP contribution >= 0.6 is 36.6 Å². The third-order valence-corrected chi connectivity index (χ3v) is 2.56. The van der Waals surface area contributed by atoms with Gasteiger partial charge in [-0.2, -0.15) is 11.8 Å². The van der Waals surface area contributed by atoms with Crippen molar-refractivity contribution in [3.63, 3.8) is 0 Å². The molecular formula is C8H16Cl2N4O2S. The van der Waals surface area contributed by atoms with E-state index in [2.05, 4.69) is 15.5 Å². The molecule has 0 aliphatic carbocycles. The zero-order chi connectivity index (χ0) is 10.9. The molecule has 0 saturated carbocycles. The molecule has 1 heterocycles. The van der Waals surface area contributed by atoms with Crippen molar-refractivity contribution in [2.45, 2.75) is 5.75 Å². The molecule has 1 aromatic heterocycles. The Hall–Kier alpha value is -0.630. The van der Waals surface area contributed by atoms with Crippen LogP contribution in [0.5, 0.6) is 0 Å². The molecule has 0 spiro atoms. The maximum absolute atomic E-state index is 8.56. The Kier molecular flexibility index (Phi) is 13.0. The highest BCUT2D eigenvalue weighted by Gasteiger charge is 1.96. The van der Waals surface area contributed by atoms with E-state index in [0.29, 0.717) is 12.5 Å². The van der Waals surface area contributed by atoms with E-state index in [1.54, 1.807) is 25.1 Å². The van der Waals surface area contributed by atoms with E-state index in [4.69, 9.17) is 9.73 Å². The van der Waals surface area contributed by atoms with Crippen LogP contribution in [0.2, 0.25) is 0 Å². The van der Waals surface area contributed by atoms with Crippen LogP contribution < -0.4 is 10.8 Å². The molecule has 0 fully saturated rings. The second-order valence-electron chi connectivity index (χ2n) is 2.64. The average molecular weight is 303 g/mol. The number of aliphatic imine (C=N–C) groups is 1. The molecule has 0 amide bonds. The van der Waals surface area contributed by atoms with Gasteiger partial charge in [-0.05, 0) is 0 Å². The minimum atomic E-state index is 0. The summed E-state index contributed by atoms with van der Waals surface area (Å²) < 4.78 is 4.70. The van der Waals surface area contributed by atoms with Gasteiger partial charge in [0.15, 0.2) is 0 Å². The molecule has 17 heavy (non-hydrogen) atoms. The van der Waals surface area contributed by atoms with Crippen LogP contribution in [0, 0.1) is 0 Å². The number of hydroxylamine groups is 1. The van der Waals surface area contributed by atoms with Gasteiger partial charge in [0.2, 0.25) is 5.96 Å². The first-order chi connectivity index (χ1) is 7.36. The fourth-order valence-corrected chi connectivity index (χ4v) is 1.60. The highest BCUT2D eigenvalue weighted by molar-refractivity contribution is 7.98. The van der Waals surface area contributed by atoms with Gasteiger partial charge in [-0.15, -0.1) is 24.8 Å². The predicted molar refractivity (Wildman–Crippen MR) is 73.4 cm³/mol. The summed E-state index contributed by atoms with van der Waals surface area (Å²) in [4.78, 5) is 4.06. The first kappa shape index (κ1) is 18.7. The number of hydrogen-bond acceptors (Lipinski definition) is 5. The summed E-state index contributed by atoms with van der Waals surface area (Å²) in [7, 11) is 1.69. The van der Waals surface area contributed by atoms with Crippen molar-refractivity contribution < 1.29 is 9.73 Å². The Bertz CT molecular complexity index is 292. The van der Waals surface area contributed by atoms with Gasteiger partial charge in [0.05, 0.1) is 12.2 Å². The number of guanidine groups is 1. The highest BCUT2D eigenvalue weighted by atomic mass is 35.5. The molecule has 0 unspecified atom stereocenters. The fourth-order valence-electron chi connectivity index (χ4n) is 0.881. The van der Waals surface area contributed by atoms with Crippen molar-refractivity contribution in [2.24, 2.45) is 4.99 Å². The van der Waals surface area contributed by atoms with Gasteiger partial charge in [0.25, 0.3) is 0 Å². The van der Waals surface area contributed by atoms with Crippen LogP contribution in [0.1, 0.15) is 5.69 Å². The molecule has 3 N–H and O–H groups in total. The maximum atomic E-state index is 8.56. The molecule has 9 heteroatoms. The molecule has 0 saturated heterocycles. The molecule has 0 aliphatic rings. The summed E-state index contributed by atoms with van der Waals surface area (Å²) in [6, 6.07) is 1.84. The summed E-state index contributed by atoms with van der Waals surface area (Å²) in [5.74, 6) is 2.05. The van der Waals surface area contributed by atoms with Gasteiger partial charge >= 0.3 is 0 Å². The topological polar surface area (TPSA) is 82.7 Å². The second kappa shape index (κ2) is 11.8. The lowest BCUT2D eigenvalue weighted by Crippen LogP contribution is -2.32. The number of halogens is 2. The Labute approximate surface area is 116 Å². The Morgan fingerprint density at radius 3 is 2.88 bits per heavy atom. The summed E-state index contributed by atoms with van der Waals surface area (Å²) >= 11 is 1.71. The molecule has 0 radical (unpaired) electrons. The van der Waals surface area contributed by atoms with E-state index in [0.717, 1.165) is 17.2 Å². The number of thioether (sulfide) groups is 1. The molecule has 6 nitrogen and oxygen atoms in total. The van der Waals surface area contributed by atoms with Crippen molar-refractivity contribution in [3.05, 3.63) is 18.0 Å². The zero-order valence-electron chi connectivity index (χ0n) is 9.25. The average Bonchev–Trinajstić information content (AvgIpc) is 2.76. The molecule has 0 atom stereocenters. The SMILES string of the molecule is CN/C(=N/CCSCc1ccon1)NO.Cl.Cl. The van der Waals surface area contributed by atoms with E-state index >= 15 is 0 Å². The van der Waals surface area contributed by atoms with Gasteiger partial charge in [-0.25, -0.2) is 5.48 Å².